The van der Waals surface area contributed by atoms with Gasteiger partial charge < -0.3 is 10.2 Å². The Hall–Kier alpha value is -1.60. The number of rotatable bonds is 5. The van der Waals surface area contributed by atoms with Crippen LogP contribution in [0.1, 0.15) is 18.9 Å². The summed E-state index contributed by atoms with van der Waals surface area (Å²) in [5.41, 5.74) is 1.46. The molecular weight excluding hydrogens is 200 g/mol. The van der Waals surface area contributed by atoms with Gasteiger partial charge >= 0.3 is 0 Å². The van der Waals surface area contributed by atoms with Gasteiger partial charge in [0.1, 0.15) is 6.07 Å². The normalized spacial score (nSPS) is 12.2. The summed E-state index contributed by atoms with van der Waals surface area (Å²) in [5.74, 6) is 0. The molecule has 0 bridgehead atoms. The largest absolute Gasteiger partial charge is 0.380 e. The molecule has 0 aliphatic rings. The van der Waals surface area contributed by atoms with E-state index >= 15 is 0 Å². The Bertz CT molecular complexity index is 368. The van der Waals surface area contributed by atoms with Gasteiger partial charge in [0, 0.05) is 12.2 Å². The molecule has 0 radical (unpaired) electrons. The smallest absolute Gasteiger partial charge is 0.101 e. The molecule has 1 aromatic heterocycles. The fourth-order valence-corrected chi connectivity index (χ4v) is 1.40. The summed E-state index contributed by atoms with van der Waals surface area (Å²) in [7, 11) is 4.11. The zero-order valence-electron chi connectivity index (χ0n) is 10.1. The molecule has 0 aromatic carbocycles. The summed E-state index contributed by atoms with van der Waals surface area (Å²) < 4.78 is 0. The van der Waals surface area contributed by atoms with Gasteiger partial charge in [0.25, 0.3) is 0 Å². The van der Waals surface area contributed by atoms with Crippen LogP contribution in [0.2, 0.25) is 0 Å². The molecule has 0 saturated heterocycles. The Morgan fingerprint density at radius 1 is 1.56 bits per heavy atom. The summed E-state index contributed by atoms with van der Waals surface area (Å²) in [6.07, 6.45) is 4.37. The molecule has 0 fully saturated rings. The number of nitrogens with zero attached hydrogens (tertiary/aromatic N) is 3. The lowest BCUT2D eigenvalue weighted by Gasteiger charge is -2.18. The zero-order valence-corrected chi connectivity index (χ0v) is 10.1. The second-order valence-corrected chi connectivity index (χ2v) is 4.17. The van der Waals surface area contributed by atoms with E-state index in [-0.39, 0.29) is 0 Å². The number of hydrogen-bond donors (Lipinski definition) is 1. The predicted molar refractivity (Wildman–Crippen MR) is 65.2 cm³/mol. The highest BCUT2D eigenvalue weighted by molar-refractivity contribution is 5.55. The number of aromatic nitrogens is 1. The third kappa shape index (κ3) is 3.87. The molecule has 1 aromatic rings. The summed E-state index contributed by atoms with van der Waals surface area (Å²) in [6, 6.07) is 4.21. The first-order valence-corrected chi connectivity index (χ1v) is 5.39. The number of anilines is 1. The van der Waals surface area contributed by atoms with E-state index in [0.29, 0.717) is 11.6 Å². The summed E-state index contributed by atoms with van der Waals surface area (Å²) in [6.45, 7) is 3.13. The molecule has 0 aliphatic carbocycles. The average Bonchev–Trinajstić information content (AvgIpc) is 2.27. The monoisotopic (exact) mass is 218 g/mol. The van der Waals surface area contributed by atoms with E-state index in [2.05, 4.69) is 42.3 Å². The van der Waals surface area contributed by atoms with Crippen LogP contribution in [0.15, 0.2) is 18.5 Å². The van der Waals surface area contributed by atoms with Crippen molar-refractivity contribution in [1.82, 2.24) is 9.88 Å². The molecule has 16 heavy (non-hydrogen) atoms. The fourth-order valence-electron chi connectivity index (χ4n) is 1.40. The maximum absolute atomic E-state index is 8.92. The molecule has 0 amide bonds. The van der Waals surface area contributed by atoms with Crippen molar-refractivity contribution in [3.63, 3.8) is 0 Å². The van der Waals surface area contributed by atoms with Crippen LogP contribution in [-0.4, -0.2) is 36.6 Å². The molecule has 4 heteroatoms. The Balaban J connectivity index is 2.56. The van der Waals surface area contributed by atoms with Gasteiger partial charge in [-0.25, -0.2) is 0 Å². The highest BCUT2D eigenvalue weighted by Gasteiger charge is 2.06. The summed E-state index contributed by atoms with van der Waals surface area (Å²) in [4.78, 5) is 6.16. The third-order valence-electron chi connectivity index (χ3n) is 2.35. The van der Waals surface area contributed by atoms with Gasteiger partial charge in [-0.15, -0.1) is 0 Å². The number of pyridine rings is 1. The molecule has 86 valence electrons. The van der Waals surface area contributed by atoms with Crippen molar-refractivity contribution in [2.45, 2.75) is 19.4 Å². The molecule has 1 N–H and O–H groups in total. The fraction of sp³-hybridized carbons (Fsp3) is 0.500. The molecule has 1 unspecified atom stereocenters. The van der Waals surface area contributed by atoms with Crippen molar-refractivity contribution in [2.75, 3.05) is 26.0 Å². The predicted octanol–water partition coefficient (Wildman–Crippen LogP) is 1.71. The third-order valence-corrected chi connectivity index (χ3v) is 2.35. The van der Waals surface area contributed by atoms with E-state index in [9.17, 15) is 0 Å². The van der Waals surface area contributed by atoms with Crippen LogP contribution >= 0.6 is 0 Å². The zero-order chi connectivity index (χ0) is 12.0. The lowest BCUT2D eigenvalue weighted by molar-refractivity contribution is 0.390. The van der Waals surface area contributed by atoms with Gasteiger partial charge in [-0.3, -0.25) is 4.98 Å². The second kappa shape index (κ2) is 6.09. The Morgan fingerprint density at radius 2 is 2.31 bits per heavy atom. The van der Waals surface area contributed by atoms with Crippen LogP contribution in [0.3, 0.4) is 0 Å². The maximum atomic E-state index is 8.92. The molecule has 0 spiro atoms. The van der Waals surface area contributed by atoms with E-state index in [4.69, 9.17) is 5.26 Å². The molecule has 4 nitrogen and oxygen atoms in total. The quantitative estimate of drug-likeness (QED) is 0.817. The lowest BCUT2D eigenvalue weighted by Crippen LogP contribution is -2.23. The summed E-state index contributed by atoms with van der Waals surface area (Å²) >= 11 is 0. The van der Waals surface area contributed by atoms with Crippen LogP contribution < -0.4 is 5.32 Å². The first-order valence-electron chi connectivity index (χ1n) is 5.39. The van der Waals surface area contributed by atoms with Crippen molar-refractivity contribution >= 4 is 5.69 Å². The minimum Gasteiger partial charge on any atom is -0.380 e. The highest BCUT2D eigenvalue weighted by atomic mass is 15.1. The minimum atomic E-state index is 0.332. The van der Waals surface area contributed by atoms with Crippen LogP contribution in [-0.2, 0) is 0 Å². The minimum absolute atomic E-state index is 0.332. The van der Waals surface area contributed by atoms with Gasteiger partial charge in [0.2, 0.25) is 0 Å². The van der Waals surface area contributed by atoms with E-state index < -0.39 is 0 Å². The standard InChI is InChI=1S/C12H18N4/c1-10(5-7-16(2)3)15-12-9-14-6-4-11(12)8-13/h4,6,9-10,15H,5,7H2,1-3H3. The van der Waals surface area contributed by atoms with Crippen LogP contribution in [0.25, 0.3) is 0 Å². The maximum Gasteiger partial charge on any atom is 0.101 e. The van der Waals surface area contributed by atoms with E-state index in [1.54, 1.807) is 18.5 Å². The first-order chi connectivity index (χ1) is 7.63. The van der Waals surface area contributed by atoms with Crippen molar-refractivity contribution in [3.05, 3.63) is 24.0 Å². The molecule has 0 saturated carbocycles. The van der Waals surface area contributed by atoms with E-state index in [1.165, 1.54) is 0 Å². The molecule has 1 rings (SSSR count). The van der Waals surface area contributed by atoms with Crippen molar-refractivity contribution in [3.8, 4) is 6.07 Å². The van der Waals surface area contributed by atoms with Gasteiger partial charge in [-0.1, -0.05) is 0 Å². The van der Waals surface area contributed by atoms with Gasteiger partial charge in [0.05, 0.1) is 17.4 Å². The summed E-state index contributed by atoms with van der Waals surface area (Å²) in [5, 5.41) is 12.2. The van der Waals surface area contributed by atoms with E-state index in [1.807, 2.05) is 0 Å². The average molecular weight is 218 g/mol. The lowest BCUT2D eigenvalue weighted by atomic mass is 10.2. The van der Waals surface area contributed by atoms with Crippen molar-refractivity contribution in [1.29, 1.82) is 5.26 Å². The SMILES string of the molecule is CC(CCN(C)C)Nc1cnccc1C#N. The van der Waals surface area contributed by atoms with Crippen LogP contribution in [0, 0.1) is 11.3 Å². The van der Waals surface area contributed by atoms with Gasteiger partial charge in [-0.05, 0) is 40.1 Å². The topological polar surface area (TPSA) is 52.0 Å². The second-order valence-electron chi connectivity index (χ2n) is 4.17. The number of hydrogen-bond acceptors (Lipinski definition) is 4. The highest BCUT2D eigenvalue weighted by Crippen LogP contribution is 2.13. The molecular formula is C12H18N4. The number of nitrogens with one attached hydrogen (secondary N) is 1. The molecule has 1 atom stereocenters. The Labute approximate surface area is 96.9 Å². The molecule has 1 heterocycles. The van der Waals surface area contributed by atoms with Gasteiger partial charge in [0.15, 0.2) is 0 Å². The van der Waals surface area contributed by atoms with Crippen molar-refractivity contribution in [2.24, 2.45) is 0 Å². The number of nitriles is 1. The van der Waals surface area contributed by atoms with E-state index in [0.717, 1.165) is 18.7 Å². The Morgan fingerprint density at radius 3 is 2.94 bits per heavy atom. The van der Waals surface area contributed by atoms with Crippen LogP contribution in [0.4, 0.5) is 5.69 Å². The van der Waals surface area contributed by atoms with Gasteiger partial charge in [-0.2, -0.15) is 5.26 Å². The molecule has 0 aliphatic heterocycles. The Kier molecular flexibility index (Phi) is 4.74. The first kappa shape index (κ1) is 12.5. The van der Waals surface area contributed by atoms with Crippen molar-refractivity contribution < 1.29 is 0 Å². The van der Waals surface area contributed by atoms with Crippen LogP contribution in [0.5, 0.6) is 0 Å².